The second-order valence-corrected chi connectivity index (χ2v) is 4.00. The summed E-state index contributed by atoms with van der Waals surface area (Å²) < 4.78 is 18.4. The zero-order valence-corrected chi connectivity index (χ0v) is 10.4. The van der Waals surface area contributed by atoms with Crippen LogP contribution < -0.4 is 4.74 Å². The second kappa shape index (κ2) is 6.21. The molecule has 1 aromatic rings. The summed E-state index contributed by atoms with van der Waals surface area (Å²) >= 11 is 3.03. The van der Waals surface area contributed by atoms with Gasteiger partial charge in [0.05, 0.1) is 22.1 Å². The lowest BCUT2D eigenvalue weighted by Crippen LogP contribution is -2.01. The van der Waals surface area contributed by atoms with Crippen molar-refractivity contribution in [1.29, 1.82) is 0 Å². The highest BCUT2D eigenvalue weighted by atomic mass is 79.9. The van der Waals surface area contributed by atoms with Gasteiger partial charge in [0, 0.05) is 6.42 Å². The van der Waals surface area contributed by atoms with Crippen LogP contribution >= 0.6 is 15.9 Å². The zero-order valence-electron chi connectivity index (χ0n) is 8.78. The Morgan fingerprint density at radius 3 is 2.88 bits per heavy atom. The number of unbranched alkanes of at least 4 members (excludes halogenated alkanes) is 1. The van der Waals surface area contributed by atoms with Gasteiger partial charge in [0.25, 0.3) is 0 Å². The molecule has 0 unspecified atom stereocenters. The maximum atomic E-state index is 13.0. The van der Waals surface area contributed by atoms with Gasteiger partial charge in [-0.15, -0.1) is 12.3 Å². The van der Waals surface area contributed by atoms with Crippen molar-refractivity contribution in [2.24, 2.45) is 0 Å². The molecule has 0 saturated carbocycles. The van der Waals surface area contributed by atoms with Gasteiger partial charge in [-0.05, 0) is 28.4 Å². The van der Waals surface area contributed by atoms with Crippen molar-refractivity contribution in [3.63, 3.8) is 0 Å². The second-order valence-electron chi connectivity index (χ2n) is 3.15. The van der Waals surface area contributed by atoms with E-state index in [-0.39, 0.29) is 16.8 Å². The molecule has 0 fully saturated rings. The molecule has 0 radical (unpaired) electrons. The number of hydrogen-bond donors (Lipinski definition) is 0. The summed E-state index contributed by atoms with van der Waals surface area (Å²) in [5.41, 5.74) is -0.405. The Labute approximate surface area is 106 Å². The molecule has 90 valence electrons. The van der Waals surface area contributed by atoms with Crippen LogP contribution in [0.3, 0.4) is 0 Å². The van der Waals surface area contributed by atoms with E-state index in [0.29, 0.717) is 12.8 Å². The maximum Gasteiger partial charge on any atom is 0.315 e. The number of nitrogens with zero attached hydrogens (tertiary/aromatic N) is 1. The van der Waals surface area contributed by atoms with Gasteiger partial charge in [-0.25, -0.2) is 4.39 Å². The molecule has 0 N–H and O–H groups in total. The van der Waals surface area contributed by atoms with Crippen LogP contribution in [0.25, 0.3) is 0 Å². The molecule has 0 spiro atoms. The summed E-state index contributed by atoms with van der Waals surface area (Å²) in [6, 6.07) is 1.94. The summed E-state index contributed by atoms with van der Waals surface area (Å²) in [4.78, 5) is 10.0. The molecule has 4 nitrogen and oxygen atoms in total. The molecule has 0 bridgehead atoms. The van der Waals surface area contributed by atoms with Gasteiger partial charge in [-0.2, -0.15) is 0 Å². The number of ether oxygens (including phenoxy) is 1. The minimum atomic E-state index is -0.695. The molecule has 0 aromatic heterocycles. The first kappa shape index (κ1) is 13.5. The lowest BCUT2D eigenvalue weighted by atomic mass is 10.3. The molecular formula is C11H9BrFNO3. The number of nitro groups is 1. The average molecular weight is 302 g/mol. The van der Waals surface area contributed by atoms with E-state index in [2.05, 4.69) is 21.9 Å². The van der Waals surface area contributed by atoms with Gasteiger partial charge in [-0.1, -0.05) is 0 Å². The Morgan fingerprint density at radius 1 is 1.59 bits per heavy atom. The van der Waals surface area contributed by atoms with Crippen LogP contribution in [0.5, 0.6) is 5.75 Å². The highest BCUT2D eigenvalue weighted by Crippen LogP contribution is 2.35. The van der Waals surface area contributed by atoms with Crippen molar-refractivity contribution in [1.82, 2.24) is 0 Å². The average Bonchev–Trinajstić information content (AvgIpc) is 2.25. The normalized spacial score (nSPS) is 9.71. The van der Waals surface area contributed by atoms with E-state index in [4.69, 9.17) is 11.2 Å². The standard InChI is InChI=1S/C11H9BrFNO3/c1-2-3-4-5-17-11-9(12)6-8(13)7-10(11)14(15)16/h1,6-7H,3-5H2. The molecule has 0 aliphatic carbocycles. The van der Waals surface area contributed by atoms with Gasteiger partial charge in [0.15, 0.2) is 0 Å². The van der Waals surface area contributed by atoms with Crippen LogP contribution in [0, 0.1) is 28.3 Å². The fourth-order valence-corrected chi connectivity index (χ4v) is 1.71. The number of halogens is 2. The largest absolute Gasteiger partial charge is 0.486 e. The molecule has 0 aliphatic rings. The quantitative estimate of drug-likeness (QED) is 0.363. The third kappa shape index (κ3) is 3.71. The molecule has 0 heterocycles. The number of nitro benzene ring substituents is 1. The van der Waals surface area contributed by atoms with E-state index in [1.807, 2.05) is 0 Å². The van der Waals surface area contributed by atoms with Crippen molar-refractivity contribution in [2.75, 3.05) is 6.61 Å². The fourth-order valence-electron chi connectivity index (χ4n) is 1.17. The highest BCUT2D eigenvalue weighted by Gasteiger charge is 2.20. The van der Waals surface area contributed by atoms with Crippen LogP contribution in [0.15, 0.2) is 16.6 Å². The number of terminal acetylenes is 1. The first-order valence-electron chi connectivity index (χ1n) is 4.76. The predicted molar refractivity (Wildman–Crippen MR) is 64.3 cm³/mol. The van der Waals surface area contributed by atoms with E-state index >= 15 is 0 Å². The molecule has 0 amide bonds. The number of benzene rings is 1. The Bertz CT molecular complexity index is 471. The fraction of sp³-hybridized carbons (Fsp3) is 0.273. The molecule has 1 rings (SSSR count). The van der Waals surface area contributed by atoms with E-state index in [9.17, 15) is 14.5 Å². The smallest absolute Gasteiger partial charge is 0.315 e. The zero-order chi connectivity index (χ0) is 12.8. The maximum absolute atomic E-state index is 13.0. The summed E-state index contributed by atoms with van der Waals surface area (Å²) in [5.74, 6) is 1.76. The topological polar surface area (TPSA) is 52.4 Å². The molecule has 17 heavy (non-hydrogen) atoms. The van der Waals surface area contributed by atoms with E-state index in [0.717, 1.165) is 12.1 Å². The van der Waals surface area contributed by atoms with Crippen LogP contribution in [0.4, 0.5) is 10.1 Å². The Balaban J connectivity index is 2.89. The third-order valence-corrected chi connectivity index (χ3v) is 2.49. The lowest BCUT2D eigenvalue weighted by Gasteiger charge is -2.07. The molecule has 1 aromatic carbocycles. The SMILES string of the molecule is C#CCCCOc1c(Br)cc(F)cc1[N+](=O)[O-]. The first-order chi connectivity index (χ1) is 8.06. The van der Waals surface area contributed by atoms with Crippen molar-refractivity contribution in [2.45, 2.75) is 12.8 Å². The predicted octanol–water partition coefficient (Wildman–Crippen LogP) is 3.29. The third-order valence-electron chi connectivity index (χ3n) is 1.90. The lowest BCUT2D eigenvalue weighted by molar-refractivity contribution is -0.386. The molecular weight excluding hydrogens is 293 g/mol. The van der Waals surface area contributed by atoms with E-state index in [1.54, 1.807) is 0 Å². The van der Waals surface area contributed by atoms with E-state index in [1.165, 1.54) is 0 Å². The van der Waals surface area contributed by atoms with Gasteiger partial charge in [0.2, 0.25) is 5.75 Å². The van der Waals surface area contributed by atoms with Crippen molar-refractivity contribution < 1.29 is 14.1 Å². The first-order valence-corrected chi connectivity index (χ1v) is 5.55. The molecule has 6 heteroatoms. The highest BCUT2D eigenvalue weighted by molar-refractivity contribution is 9.10. The van der Waals surface area contributed by atoms with Crippen LogP contribution in [-0.4, -0.2) is 11.5 Å². The molecule has 0 saturated heterocycles. The Hall–Kier alpha value is -1.61. The van der Waals surface area contributed by atoms with Gasteiger partial charge in [0.1, 0.15) is 5.82 Å². The Kier molecular flexibility index (Phi) is 4.91. The minimum Gasteiger partial charge on any atom is -0.486 e. The molecule has 0 atom stereocenters. The van der Waals surface area contributed by atoms with Crippen molar-refractivity contribution in [3.05, 3.63) is 32.5 Å². The van der Waals surface area contributed by atoms with Crippen LogP contribution in [0.2, 0.25) is 0 Å². The monoisotopic (exact) mass is 301 g/mol. The number of rotatable bonds is 5. The Morgan fingerprint density at radius 2 is 2.29 bits per heavy atom. The molecule has 0 aliphatic heterocycles. The summed E-state index contributed by atoms with van der Waals surface area (Å²) in [6.45, 7) is 0.245. The summed E-state index contributed by atoms with van der Waals surface area (Å²) in [7, 11) is 0. The minimum absolute atomic E-state index is 0.0217. The van der Waals surface area contributed by atoms with Gasteiger partial charge in [-0.3, -0.25) is 10.1 Å². The van der Waals surface area contributed by atoms with Crippen molar-refractivity contribution in [3.8, 4) is 18.1 Å². The van der Waals surface area contributed by atoms with E-state index < -0.39 is 16.4 Å². The summed E-state index contributed by atoms with van der Waals surface area (Å²) in [6.07, 6.45) is 6.16. The van der Waals surface area contributed by atoms with Crippen molar-refractivity contribution >= 4 is 21.6 Å². The summed E-state index contributed by atoms with van der Waals surface area (Å²) in [5, 5.41) is 10.7. The van der Waals surface area contributed by atoms with Gasteiger partial charge < -0.3 is 4.74 Å². The van der Waals surface area contributed by atoms with Crippen LogP contribution in [-0.2, 0) is 0 Å². The van der Waals surface area contributed by atoms with Crippen LogP contribution in [0.1, 0.15) is 12.8 Å². The van der Waals surface area contributed by atoms with Gasteiger partial charge >= 0.3 is 5.69 Å². The number of hydrogen-bond acceptors (Lipinski definition) is 3.